The van der Waals surface area contributed by atoms with Gasteiger partial charge in [0.1, 0.15) is 0 Å². The zero-order valence-corrected chi connectivity index (χ0v) is 14.1. The Labute approximate surface area is 138 Å². The molecule has 4 nitrogen and oxygen atoms in total. The Morgan fingerprint density at radius 2 is 1.81 bits per heavy atom. The highest BCUT2D eigenvalue weighted by Gasteiger charge is 2.51. The van der Waals surface area contributed by atoms with Crippen LogP contribution in [0.3, 0.4) is 0 Å². The number of nitrogens with one attached hydrogen (secondary N) is 1. The van der Waals surface area contributed by atoms with E-state index in [1.54, 1.807) is 6.07 Å². The molecule has 0 spiro atoms. The molecule has 1 fully saturated rings. The van der Waals surface area contributed by atoms with E-state index in [1.165, 1.54) is 0 Å². The van der Waals surface area contributed by atoms with E-state index in [1.807, 2.05) is 24.3 Å². The normalized spacial score (nSPS) is 29.6. The maximum absolute atomic E-state index is 12.5. The van der Waals surface area contributed by atoms with Crippen LogP contribution in [0.25, 0.3) is 0 Å². The predicted molar refractivity (Wildman–Crippen MR) is 85.8 cm³/mol. The molecule has 2 aliphatic carbocycles. The van der Waals surface area contributed by atoms with E-state index in [9.17, 15) is 14.7 Å². The summed E-state index contributed by atoms with van der Waals surface area (Å²) in [6.45, 7) is 0. The van der Waals surface area contributed by atoms with Gasteiger partial charge in [-0.3, -0.25) is 9.59 Å². The molecule has 0 aliphatic heterocycles. The van der Waals surface area contributed by atoms with Crippen LogP contribution in [0.2, 0.25) is 0 Å². The molecule has 0 aromatic heterocycles. The first-order chi connectivity index (χ1) is 9.97. The number of aliphatic carboxylic acids is 1. The molecular weight excluding hydrogens is 402 g/mol. The number of carbonyl (C=O) groups excluding carboxylic acids is 1. The molecule has 0 unspecified atom stereocenters. The second kappa shape index (κ2) is 5.57. The van der Waals surface area contributed by atoms with Gasteiger partial charge >= 0.3 is 5.97 Å². The van der Waals surface area contributed by atoms with Crippen LogP contribution in [-0.2, 0) is 9.59 Å². The van der Waals surface area contributed by atoms with Crippen molar-refractivity contribution in [1.29, 1.82) is 0 Å². The smallest absolute Gasteiger partial charge is 0.307 e. The first kappa shape index (κ1) is 14.8. The number of fused-ring (bicyclic) bond motifs is 2. The number of allylic oxidation sites excluding steroid dienone is 2. The summed E-state index contributed by atoms with van der Waals surface area (Å²) in [7, 11) is 0. The number of carboxylic acid groups (broad SMARTS) is 1. The summed E-state index contributed by atoms with van der Waals surface area (Å²) < 4.78 is 1.66. The number of anilines is 1. The minimum absolute atomic E-state index is 0.0170. The van der Waals surface area contributed by atoms with Gasteiger partial charge in [0.15, 0.2) is 0 Å². The van der Waals surface area contributed by atoms with E-state index >= 15 is 0 Å². The van der Waals surface area contributed by atoms with Gasteiger partial charge in [-0.1, -0.05) is 28.1 Å². The highest BCUT2D eigenvalue weighted by atomic mass is 79.9. The summed E-state index contributed by atoms with van der Waals surface area (Å²) >= 11 is 6.75. The molecule has 2 aliphatic rings. The molecule has 6 heteroatoms. The van der Waals surface area contributed by atoms with Gasteiger partial charge in [0, 0.05) is 8.95 Å². The third-order valence-electron chi connectivity index (χ3n) is 4.24. The lowest BCUT2D eigenvalue weighted by atomic mass is 9.82. The van der Waals surface area contributed by atoms with Gasteiger partial charge in [-0.25, -0.2) is 0 Å². The Balaban J connectivity index is 1.82. The zero-order chi connectivity index (χ0) is 15.1. The summed E-state index contributed by atoms with van der Waals surface area (Å²) in [4.78, 5) is 24.0. The van der Waals surface area contributed by atoms with Crippen molar-refractivity contribution in [1.82, 2.24) is 0 Å². The summed E-state index contributed by atoms with van der Waals surface area (Å²) in [5, 5.41) is 12.2. The molecule has 1 aromatic rings. The van der Waals surface area contributed by atoms with Crippen LogP contribution < -0.4 is 5.32 Å². The quantitative estimate of drug-likeness (QED) is 0.741. The predicted octanol–water partition coefficient (Wildman–Crippen LogP) is 3.67. The van der Waals surface area contributed by atoms with Crippen molar-refractivity contribution >= 4 is 49.4 Å². The van der Waals surface area contributed by atoms with Gasteiger partial charge in [-0.15, -0.1) is 0 Å². The van der Waals surface area contributed by atoms with E-state index in [0.717, 1.165) is 15.4 Å². The number of hydrogen-bond acceptors (Lipinski definition) is 2. The van der Waals surface area contributed by atoms with Crippen molar-refractivity contribution in [2.45, 2.75) is 6.42 Å². The van der Waals surface area contributed by atoms with E-state index in [0.29, 0.717) is 5.69 Å². The van der Waals surface area contributed by atoms with Crippen molar-refractivity contribution in [3.63, 3.8) is 0 Å². The maximum atomic E-state index is 12.5. The van der Waals surface area contributed by atoms with Gasteiger partial charge in [0.25, 0.3) is 0 Å². The van der Waals surface area contributed by atoms with E-state index < -0.39 is 17.8 Å². The molecule has 1 saturated carbocycles. The van der Waals surface area contributed by atoms with E-state index in [4.69, 9.17) is 0 Å². The van der Waals surface area contributed by atoms with Gasteiger partial charge < -0.3 is 10.4 Å². The molecular formula is C15H13Br2NO3. The lowest BCUT2D eigenvalue weighted by Crippen LogP contribution is -2.36. The second-order valence-corrected chi connectivity index (χ2v) is 7.22. The third kappa shape index (κ3) is 2.66. The van der Waals surface area contributed by atoms with Gasteiger partial charge in [-0.05, 0) is 52.4 Å². The fraction of sp³-hybridized carbons (Fsp3) is 0.333. The zero-order valence-electron chi connectivity index (χ0n) is 10.9. The lowest BCUT2D eigenvalue weighted by molar-refractivity contribution is -0.146. The van der Waals surface area contributed by atoms with Crippen molar-refractivity contribution < 1.29 is 14.7 Å². The maximum Gasteiger partial charge on any atom is 0.307 e. The first-order valence-corrected chi connectivity index (χ1v) is 8.23. The van der Waals surface area contributed by atoms with Crippen LogP contribution >= 0.6 is 31.9 Å². The van der Waals surface area contributed by atoms with Crippen molar-refractivity contribution in [3.8, 4) is 0 Å². The lowest BCUT2D eigenvalue weighted by Gasteiger charge is -2.24. The van der Waals surface area contributed by atoms with Crippen LogP contribution in [0.5, 0.6) is 0 Å². The summed E-state index contributed by atoms with van der Waals surface area (Å²) in [5.74, 6) is -2.20. The molecule has 1 amide bonds. The average Bonchev–Trinajstić information content (AvgIpc) is 3.02. The number of carboxylic acids is 1. The molecule has 4 atom stereocenters. The van der Waals surface area contributed by atoms with E-state index in [-0.39, 0.29) is 17.7 Å². The summed E-state index contributed by atoms with van der Waals surface area (Å²) in [6, 6.07) is 5.45. The summed E-state index contributed by atoms with van der Waals surface area (Å²) in [6.07, 6.45) is 4.67. The van der Waals surface area contributed by atoms with Crippen LogP contribution in [-0.4, -0.2) is 17.0 Å². The number of benzene rings is 1. The molecule has 1 aromatic carbocycles. The molecule has 110 valence electrons. The highest BCUT2D eigenvalue weighted by molar-refractivity contribution is 9.11. The van der Waals surface area contributed by atoms with Crippen molar-refractivity contribution in [2.75, 3.05) is 5.32 Å². The van der Waals surface area contributed by atoms with Crippen LogP contribution in [0.15, 0.2) is 39.3 Å². The van der Waals surface area contributed by atoms with Crippen LogP contribution in [0.1, 0.15) is 6.42 Å². The molecule has 21 heavy (non-hydrogen) atoms. The second-order valence-electron chi connectivity index (χ2n) is 5.45. The van der Waals surface area contributed by atoms with Gasteiger partial charge in [0.2, 0.25) is 5.91 Å². The molecule has 0 saturated heterocycles. The third-order valence-corrected chi connectivity index (χ3v) is 5.39. The van der Waals surface area contributed by atoms with Crippen LogP contribution in [0, 0.1) is 23.7 Å². The molecule has 0 radical (unpaired) electrons. The Hall–Kier alpha value is -1.14. The van der Waals surface area contributed by atoms with Crippen LogP contribution in [0.4, 0.5) is 5.69 Å². The number of hydrogen-bond donors (Lipinski definition) is 2. The number of amides is 1. The molecule has 0 heterocycles. The SMILES string of the molecule is O=C(O)[C@@H]1[C@@H](C(=O)Nc2ccc(Br)cc2Br)[C@H]2C=C[C@H]1C2. The summed E-state index contributed by atoms with van der Waals surface area (Å²) in [5.41, 5.74) is 0.652. The monoisotopic (exact) mass is 413 g/mol. The molecule has 2 bridgehead atoms. The fourth-order valence-electron chi connectivity index (χ4n) is 3.32. The first-order valence-electron chi connectivity index (χ1n) is 6.64. The Kier molecular flexibility index (Phi) is 3.92. The van der Waals surface area contributed by atoms with Crippen molar-refractivity contribution in [2.24, 2.45) is 23.7 Å². The Morgan fingerprint density at radius 3 is 2.43 bits per heavy atom. The minimum atomic E-state index is -0.887. The van der Waals surface area contributed by atoms with E-state index in [2.05, 4.69) is 37.2 Å². The highest BCUT2D eigenvalue weighted by Crippen LogP contribution is 2.48. The number of carbonyl (C=O) groups is 2. The number of rotatable bonds is 3. The van der Waals surface area contributed by atoms with Crippen molar-refractivity contribution in [3.05, 3.63) is 39.3 Å². The average molecular weight is 415 g/mol. The topological polar surface area (TPSA) is 66.4 Å². The standard InChI is InChI=1S/C15H13Br2NO3/c16-9-3-4-11(10(17)6-9)18-14(19)12-7-1-2-8(5-7)13(12)15(20)21/h1-4,6-8,12-13H,5H2,(H,18,19)(H,20,21)/t7-,8-,12-,13-/m0/s1. The molecule has 3 rings (SSSR count). The fourth-order valence-corrected chi connectivity index (χ4v) is 4.47. The number of halogens is 2. The largest absolute Gasteiger partial charge is 0.481 e. The van der Waals surface area contributed by atoms with Gasteiger partial charge in [-0.2, -0.15) is 0 Å². The Bertz CT molecular complexity index is 644. The van der Waals surface area contributed by atoms with Gasteiger partial charge in [0.05, 0.1) is 17.5 Å². The minimum Gasteiger partial charge on any atom is -0.481 e. The Morgan fingerprint density at radius 1 is 1.14 bits per heavy atom. The molecule has 2 N–H and O–H groups in total.